The minimum absolute atomic E-state index is 0.0346. The van der Waals surface area contributed by atoms with Gasteiger partial charge in [0.25, 0.3) is 0 Å². The first-order chi connectivity index (χ1) is 8.31. The fraction of sp³-hybridized carbons (Fsp3) is 0.429. The van der Waals surface area contributed by atoms with Gasteiger partial charge in [-0.1, -0.05) is 12.1 Å². The van der Waals surface area contributed by atoms with E-state index in [9.17, 15) is 0 Å². The molecule has 4 nitrogen and oxygen atoms in total. The number of benzene rings is 1. The average Bonchev–Trinajstić information content (AvgIpc) is 2.26. The van der Waals surface area contributed by atoms with E-state index in [4.69, 9.17) is 11.0 Å². The van der Waals surface area contributed by atoms with Crippen molar-refractivity contribution < 1.29 is 0 Å². The molecule has 1 unspecified atom stereocenters. The second-order valence-corrected chi connectivity index (χ2v) is 5.30. The average molecular weight is 244 g/mol. The molecule has 0 aromatic heterocycles. The smallest absolute Gasteiger partial charge is 0.189 e. The molecule has 0 aliphatic heterocycles. The molecule has 1 atom stereocenters. The van der Waals surface area contributed by atoms with Crippen molar-refractivity contribution in [1.29, 1.82) is 5.26 Å². The molecule has 96 valence electrons. The molecule has 0 fully saturated rings. The molecule has 18 heavy (non-hydrogen) atoms. The zero-order chi connectivity index (χ0) is 13.8. The first-order valence-corrected chi connectivity index (χ1v) is 5.93. The summed E-state index contributed by atoms with van der Waals surface area (Å²) in [6.45, 7) is 8.06. The summed E-state index contributed by atoms with van der Waals surface area (Å²) in [4.78, 5) is 4.39. The standard InChI is InChI=1S/C14H20N4/c1-10(17-13(16)18-14(2,3)4)12-7-5-11(9-15)6-8-12/h5-8,10H,1-4H3,(H3,16,17,18). The lowest BCUT2D eigenvalue weighted by molar-refractivity contribution is 0.507. The fourth-order valence-corrected chi connectivity index (χ4v) is 1.54. The largest absolute Gasteiger partial charge is 0.370 e. The van der Waals surface area contributed by atoms with Gasteiger partial charge in [-0.15, -0.1) is 0 Å². The zero-order valence-corrected chi connectivity index (χ0v) is 11.4. The van der Waals surface area contributed by atoms with Crippen LogP contribution in [0.15, 0.2) is 29.3 Å². The van der Waals surface area contributed by atoms with Crippen molar-refractivity contribution in [3.8, 4) is 6.07 Å². The first-order valence-electron chi connectivity index (χ1n) is 5.93. The summed E-state index contributed by atoms with van der Waals surface area (Å²) in [5, 5.41) is 11.9. The lowest BCUT2D eigenvalue weighted by Crippen LogP contribution is -2.45. The number of rotatable bonds is 2. The van der Waals surface area contributed by atoms with E-state index in [1.165, 1.54) is 0 Å². The Morgan fingerprint density at radius 2 is 1.89 bits per heavy atom. The molecular weight excluding hydrogens is 224 g/mol. The summed E-state index contributed by atoms with van der Waals surface area (Å²) in [6.07, 6.45) is 0. The van der Waals surface area contributed by atoms with Gasteiger partial charge in [0, 0.05) is 5.54 Å². The maximum atomic E-state index is 8.73. The van der Waals surface area contributed by atoms with Crippen LogP contribution in [0, 0.1) is 11.3 Å². The van der Waals surface area contributed by atoms with Crippen LogP contribution in [-0.2, 0) is 0 Å². The molecule has 0 saturated carbocycles. The van der Waals surface area contributed by atoms with Crippen LogP contribution in [0.5, 0.6) is 0 Å². The van der Waals surface area contributed by atoms with Crippen molar-refractivity contribution in [1.82, 2.24) is 5.32 Å². The molecule has 0 aliphatic rings. The SMILES string of the molecule is CC(N=C(N)NC(C)(C)C)c1ccc(C#N)cc1. The monoisotopic (exact) mass is 244 g/mol. The molecule has 0 spiro atoms. The quantitative estimate of drug-likeness (QED) is 0.619. The molecule has 0 radical (unpaired) electrons. The summed E-state index contributed by atoms with van der Waals surface area (Å²) in [7, 11) is 0. The summed E-state index contributed by atoms with van der Waals surface area (Å²) in [5.74, 6) is 0.430. The first kappa shape index (κ1) is 14.0. The fourth-order valence-electron chi connectivity index (χ4n) is 1.54. The number of aliphatic imine (C=N–C) groups is 1. The Morgan fingerprint density at radius 3 is 2.33 bits per heavy atom. The van der Waals surface area contributed by atoms with Crippen molar-refractivity contribution in [2.75, 3.05) is 0 Å². The minimum Gasteiger partial charge on any atom is -0.370 e. The van der Waals surface area contributed by atoms with Crippen LogP contribution in [0.4, 0.5) is 0 Å². The lowest BCUT2D eigenvalue weighted by atomic mass is 10.1. The van der Waals surface area contributed by atoms with Crippen LogP contribution in [0.2, 0.25) is 0 Å². The molecule has 0 saturated heterocycles. The Balaban J connectivity index is 2.78. The molecule has 0 heterocycles. The number of hydrogen-bond acceptors (Lipinski definition) is 2. The van der Waals surface area contributed by atoms with Gasteiger partial charge in [0.15, 0.2) is 5.96 Å². The summed E-state index contributed by atoms with van der Waals surface area (Å²) in [5.41, 5.74) is 7.43. The van der Waals surface area contributed by atoms with E-state index in [-0.39, 0.29) is 11.6 Å². The van der Waals surface area contributed by atoms with E-state index in [0.717, 1.165) is 5.56 Å². The second kappa shape index (κ2) is 5.54. The van der Waals surface area contributed by atoms with Crippen LogP contribution in [0.25, 0.3) is 0 Å². The Bertz CT molecular complexity index is 460. The number of hydrogen-bond donors (Lipinski definition) is 2. The Morgan fingerprint density at radius 1 is 1.33 bits per heavy atom. The Kier molecular flexibility index (Phi) is 4.33. The Labute approximate surface area is 109 Å². The Hall–Kier alpha value is -2.02. The molecule has 1 aromatic carbocycles. The molecule has 0 bridgehead atoms. The van der Waals surface area contributed by atoms with Gasteiger partial charge in [-0.25, -0.2) is 4.99 Å². The van der Waals surface area contributed by atoms with E-state index < -0.39 is 0 Å². The normalized spacial score (nSPS) is 13.8. The van der Waals surface area contributed by atoms with Crippen LogP contribution in [-0.4, -0.2) is 11.5 Å². The van der Waals surface area contributed by atoms with E-state index in [0.29, 0.717) is 11.5 Å². The van der Waals surface area contributed by atoms with Gasteiger partial charge in [0.2, 0.25) is 0 Å². The predicted molar refractivity (Wildman–Crippen MR) is 74.1 cm³/mol. The van der Waals surface area contributed by atoms with E-state index >= 15 is 0 Å². The number of nitrogens with zero attached hydrogens (tertiary/aromatic N) is 2. The highest BCUT2D eigenvalue weighted by molar-refractivity contribution is 5.78. The number of nitriles is 1. The van der Waals surface area contributed by atoms with Gasteiger partial charge in [-0.3, -0.25) is 0 Å². The highest BCUT2D eigenvalue weighted by Crippen LogP contribution is 2.17. The third-order valence-corrected chi connectivity index (χ3v) is 2.36. The summed E-state index contributed by atoms with van der Waals surface area (Å²) >= 11 is 0. The van der Waals surface area contributed by atoms with Gasteiger partial charge in [0.1, 0.15) is 0 Å². The molecule has 1 aromatic rings. The van der Waals surface area contributed by atoms with Crippen molar-refractivity contribution in [2.24, 2.45) is 10.7 Å². The number of nitrogens with one attached hydrogen (secondary N) is 1. The van der Waals surface area contributed by atoms with E-state index in [2.05, 4.69) is 16.4 Å². The van der Waals surface area contributed by atoms with Gasteiger partial charge < -0.3 is 11.1 Å². The van der Waals surface area contributed by atoms with E-state index in [1.807, 2.05) is 39.8 Å². The van der Waals surface area contributed by atoms with E-state index in [1.54, 1.807) is 12.1 Å². The van der Waals surface area contributed by atoms with Crippen LogP contribution in [0.3, 0.4) is 0 Å². The molecular formula is C14H20N4. The minimum atomic E-state index is -0.0992. The lowest BCUT2D eigenvalue weighted by Gasteiger charge is -2.22. The predicted octanol–water partition coefficient (Wildman–Crippen LogP) is 2.32. The van der Waals surface area contributed by atoms with Crippen LogP contribution < -0.4 is 11.1 Å². The summed E-state index contributed by atoms with van der Waals surface area (Å²) in [6, 6.07) is 9.43. The van der Waals surface area contributed by atoms with Crippen molar-refractivity contribution in [2.45, 2.75) is 39.3 Å². The second-order valence-electron chi connectivity index (χ2n) is 5.30. The molecule has 4 heteroatoms. The van der Waals surface area contributed by atoms with Crippen molar-refractivity contribution in [3.63, 3.8) is 0 Å². The van der Waals surface area contributed by atoms with Gasteiger partial charge in [0.05, 0.1) is 17.7 Å². The maximum Gasteiger partial charge on any atom is 0.189 e. The van der Waals surface area contributed by atoms with Crippen LogP contribution >= 0.6 is 0 Å². The topological polar surface area (TPSA) is 74.2 Å². The third-order valence-electron chi connectivity index (χ3n) is 2.36. The van der Waals surface area contributed by atoms with Gasteiger partial charge >= 0.3 is 0 Å². The number of guanidine groups is 1. The molecule has 1 rings (SSSR count). The molecule has 0 amide bonds. The zero-order valence-electron chi connectivity index (χ0n) is 11.4. The van der Waals surface area contributed by atoms with Crippen molar-refractivity contribution in [3.05, 3.63) is 35.4 Å². The molecule has 0 aliphatic carbocycles. The highest BCUT2D eigenvalue weighted by atomic mass is 15.1. The highest BCUT2D eigenvalue weighted by Gasteiger charge is 2.11. The maximum absolute atomic E-state index is 8.73. The van der Waals surface area contributed by atoms with Crippen LogP contribution in [0.1, 0.15) is 44.9 Å². The molecule has 3 N–H and O–H groups in total. The van der Waals surface area contributed by atoms with Gasteiger partial charge in [-0.05, 0) is 45.4 Å². The third kappa shape index (κ3) is 4.46. The number of nitrogens with two attached hydrogens (primary N) is 1. The van der Waals surface area contributed by atoms with Crippen molar-refractivity contribution >= 4 is 5.96 Å². The van der Waals surface area contributed by atoms with Gasteiger partial charge in [-0.2, -0.15) is 5.26 Å². The summed E-state index contributed by atoms with van der Waals surface area (Å²) < 4.78 is 0.